The molecule has 0 fully saturated rings. The van der Waals surface area contributed by atoms with Crippen molar-refractivity contribution in [3.8, 4) is 0 Å². The van der Waals surface area contributed by atoms with Crippen molar-refractivity contribution in [3.05, 3.63) is 40.9 Å². The molecule has 19 heavy (non-hydrogen) atoms. The van der Waals surface area contributed by atoms with Gasteiger partial charge >= 0.3 is 5.97 Å². The Kier molecular flexibility index (Phi) is 4.38. The highest BCUT2D eigenvalue weighted by Gasteiger charge is 2.25. The molecule has 100 valence electrons. The average molecular weight is 279 g/mol. The third kappa shape index (κ3) is 3.44. The molecule has 0 aromatic heterocycles. The SMILES string of the molecule is COC(=O)C[C@H]1CCC(=O)C=C1c1ccc(Cl)cc1. The summed E-state index contributed by atoms with van der Waals surface area (Å²) in [5.41, 5.74) is 1.84. The maximum absolute atomic E-state index is 11.6. The third-order valence-electron chi connectivity index (χ3n) is 3.31. The molecule has 1 aliphatic rings. The molecule has 0 saturated heterocycles. The zero-order valence-corrected chi connectivity index (χ0v) is 11.4. The van der Waals surface area contributed by atoms with Crippen LogP contribution < -0.4 is 0 Å². The topological polar surface area (TPSA) is 43.4 Å². The number of hydrogen-bond donors (Lipinski definition) is 0. The van der Waals surface area contributed by atoms with Gasteiger partial charge < -0.3 is 4.74 Å². The van der Waals surface area contributed by atoms with Crippen LogP contribution in [0.1, 0.15) is 24.8 Å². The van der Waals surface area contributed by atoms with Gasteiger partial charge in [0.05, 0.1) is 13.5 Å². The van der Waals surface area contributed by atoms with E-state index in [1.807, 2.05) is 12.1 Å². The quantitative estimate of drug-likeness (QED) is 0.797. The second kappa shape index (κ2) is 6.02. The summed E-state index contributed by atoms with van der Waals surface area (Å²) in [7, 11) is 1.38. The molecular formula is C15H15ClO3. The molecule has 0 saturated carbocycles. The first-order chi connectivity index (χ1) is 9.10. The molecule has 0 N–H and O–H groups in total. The molecule has 3 nitrogen and oxygen atoms in total. The number of ether oxygens (including phenoxy) is 1. The molecule has 0 unspecified atom stereocenters. The fourth-order valence-corrected chi connectivity index (χ4v) is 2.42. The van der Waals surface area contributed by atoms with Gasteiger partial charge in [-0.2, -0.15) is 0 Å². The molecule has 1 aromatic rings. The van der Waals surface area contributed by atoms with Crippen LogP contribution in [-0.2, 0) is 14.3 Å². The van der Waals surface area contributed by atoms with Crippen LogP contribution in [0.25, 0.3) is 5.57 Å². The minimum atomic E-state index is -0.251. The molecule has 2 rings (SSSR count). The molecule has 0 amide bonds. The van der Waals surface area contributed by atoms with Crippen molar-refractivity contribution < 1.29 is 14.3 Å². The molecule has 0 heterocycles. The molecule has 1 aliphatic carbocycles. The Labute approximate surface area is 117 Å². The lowest BCUT2D eigenvalue weighted by atomic mass is 9.81. The Bertz CT molecular complexity index is 517. The summed E-state index contributed by atoms with van der Waals surface area (Å²) < 4.78 is 4.71. The first-order valence-electron chi connectivity index (χ1n) is 6.17. The predicted molar refractivity (Wildman–Crippen MR) is 73.8 cm³/mol. The predicted octanol–water partition coefficient (Wildman–Crippen LogP) is 3.27. The van der Waals surface area contributed by atoms with Crippen molar-refractivity contribution in [1.29, 1.82) is 0 Å². The largest absolute Gasteiger partial charge is 0.469 e. The van der Waals surface area contributed by atoms with E-state index in [2.05, 4.69) is 0 Å². The van der Waals surface area contributed by atoms with E-state index >= 15 is 0 Å². The minimum absolute atomic E-state index is 0.0336. The van der Waals surface area contributed by atoms with Crippen molar-refractivity contribution in [2.24, 2.45) is 5.92 Å². The normalized spacial score (nSPS) is 18.9. The van der Waals surface area contributed by atoms with Crippen molar-refractivity contribution >= 4 is 28.9 Å². The maximum atomic E-state index is 11.6. The number of benzene rings is 1. The van der Waals surface area contributed by atoms with Crippen molar-refractivity contribution in [2.45, 2.75) is 19.3 Å². The number of rotatable bonds is 3. The van der Waals surface area contributed by atoms with Gasteiger partial charge in [-0.1, -0.05) is 23.7 Å². The molecule has 0 radical (unpaired) electrons. The van der Waals surface area contributed by atoms with Gasteiger partial charge in [-0.3, -0.25) is 9.59 Å². The van der Waals surface area contributed by atoms with Crippen LogP contribution in [0.4, 0.5) is 0 Å². The second-order valence-corrected chi connectivity index (χ2v) is 5.03. The van der Waals surface area contributed by atoms with E-state index in [1.54, 1.807) is 18.2 Å². The highest BCUT2D eigenvalue weighted by molar-refractivity contribution is 6.30. The van der Waals surface area contributed by atoms with Crippen molar-refractivity contribution in [1.82, 2.24) is 0 Å². The first-order valence-corrected chi connectivity index (χ1v) is 6.55. The number of methoxy groups -OCH3 is 1. The smallest absolute Gasteiger partial charge is 0.306 e. The first kappa shape index (κ1) is 13.8. The number of esters is 1. The van der Waals surface area contributed by atoms with E-state index < -0.39 is 0 Å². The fraction of sp³-hybridized carbons (Fsp3) is 0.333. The van der Waals surface area contributed by atoms with Gasteiger partial charge in [-0.05, 0) is 41.7 Å². The van der Waals surface area contributed by atoms with Crippen LogP contribution in [0.3, 0.4) is 0 Å². The lowest BCUT2D eigenvalue weighted by molar-refractivity contribution is -0.141. The number of carbonyl (C=O) groups excluding carboxylic acids is 2. The monoisotopic (exact) mass is 278 g/mol. The summed E-state index contributed by atoms with van der Waals surface area (Å²) in [6.07, 6.45) is 3.11. The average Bonchev–Trinajstić information content (AvgIpc) is 2.41. The van der Waals surface area contributed by atoms with E-state index in [1.165, 1.54) is 7.11 Å². The number of allylic oxidation sites excluding steroid dienone is 2. The Morgan fingerprint density at radius 1 is 1.37 bits per heavy atom. The number of hydrogen-bond acceptors (Lipinski definition) is 3. The fourth-order valence-electron chi connectivity index (χ4n) is 2.29. The number of ketones is 1. The highest BCUT2D eigenvalue weighted by atomic mass is 35.5. The Morgan fingerprint density at radius 2 is 2.05 bits per heavy atom. The van der Waals surface area contributed by atoms with Crippen LogP contribution in [0.5, 0.6) is 0 Å². The van der Waals surface area contributed by atoms with Crippen LogP contribution in [0, 0.1) is 5.92 Å². The van der Waals surface area contributed by atoms with Gasteiger partial charge in [-0.25, -0.2) is 0 Å². The standard InChI is InChI=1S/C15H15ClO3/c1-19-15(18)8-11-4-7-13(17)9-14(11)10-2-5-12(16)6-3-10/h2-3,5-6,9,11H,4,7-8H2,1H3/t11-/m1/s1. The summed E-state index contributed by atoms with van der Waals surface area (Å²) in [4.78, 5) is 23.0. The Balaban J connectivity index is 2.28. The molecular weight excluding hydrogens is 264 g/mol. The van der Waals surface area contributed by atoms with E-state index in [0.29, 0.717) is 24.3 Å². The van der Waals surface area contributed by atoms with E-state index in [0.717, 1.165) is 11.1 Å². The highest BCUT2D eigenvalue weighted by Crippen LogP contribution is 2.34. The van der Waals surface area contributed by atoms with Crippen molar-refractivity contribution in [3.63, 3.8) is 0 Å². The number of halogens is 1. The Hall–Kier alpha value is -1.61. The second-order valence-electron chi connectivity index (χ2n) is 4.59. The maximum Gasteiger partial charge on any atom is 0.306 e. The van der Waals surface area contributed by atoms with Gasteiger partial charge in [0, 0.05) is 11.4 Å². The van der Waals surface area contributed by atoms with Gasteiger partial charge in [0.25, 0.3) is 0 Å². The Morgan fingerprint density at radius 3 is 2.68 bits per heavy atom. The molecule has 1 atom stereocenters. The van der Waals surface area contributed by atoms with Gasteiger partial charge in [0.2, 0.25) is 0 Å². The summed E-state index contributed by atoms with van der Waals surface area (Å²) in [5, 5.41) is 0.649. The summed E-state index contributed by atoms with van der Waals surface area (Å²) in [5.74, 6) is -0.114. The molecule has 1 aromatic carbocycles. The van der Waals surface area contributed by atoms with Crippen LogP contribution in [0.15, 0.2) is 30.3 Å². The number of carbonyl (C=O) groups is 2. The van der Waals surface area contributed by atoms with E-state index in [-0.39, 0.29) is 17.7 Å². The molecule has 0 aliphatic heterocycles. The zero-order chi connectivity index (χ0) is 13.8. The lowest BCUT2D eigenvalue weighted by Gasteiger charge is -2.23. The van der Waals surface area contributed by atoms with Crippen LogP contribution in [-0.4, -0.2) is 18.9 Å². The lowest BCUT2D eigenvalue weighted by Crippen LogP contribution is -2.17. The van der Waals surface area contributed by atoms with Crippen LogP contribution >= 0.6 is 11.6 Å². The summed E-state index contributed by atoms with van der Waals surface area (Å²) in [6, 6.07) is 7.31. The van der Waals surface area contributed by atoms with Gasteiger partial charge in [0.15, 0.2) is 5.78 Å². The molecule has 4 heteroatoms. The van der Waals surface area contributed by atoms with Gasteiger partial charge in [0.1, 0.15) is 0 Å². The van der Waals surface area contributed by atoms with E-state index in [9.17, 15) is 9.59 Å². The molecule has 0 bridgehead atoms. The van der Waals surface area contributed by atoms with Gasteiger partial charge in [-0.15, -0.1) is 0 Å². The summed E-state index contributed by atoms with van der Waals surface area (Å²) in [6.45, 7) is 0. The van der Waals surface area contributed by atoms with Crippen molar-refractivity contribution in [2.75, 3.05) is 7.11 Å². The van der Waals surface area contributed by atoms with E-state index in [4.69, 9.17) is 16.3 Å². The summed E-state index contributed by atoms with van der Waals surface area (Å²) >= 11 is 5.86. The minimum Gasteiger partial charge on any atom is -0.469 e. The zero-order valence-electron chi connectivity index (χ0n) is 10.7. The third-order valence-corrected chi connectivity index (χ3v) is 3.57. The van der Waals surface area contributed by atoms with Crippen LogP contribution in [0.2, 0.25) is 5.02 Å². The molecule has 0 spiro atoms.